The van der Waals surface area contributed by atoms with Gasteiger partial charge in [-0.3, -0.25) is 4.68 Å². The minimum Gasteiger partial charge on any atom is -0.472 e. The Morgan fingerprint density at radius 3 is 2.88 bits per heavy atom. The Morgan fingerprint density at radius 2 is 2.12 bits per heavy atom. The van der Waals surface area contributed by atoms with Crippen molar-refractivity contribution < 1.29 is 4.74 Å². The van der Waals surface area contributed by atoms with Gasteiger partial charge in [0.05, 0.1) is 24.3 Å². The van der Waals surface area contributed by atoms with E-state index in [9.17, 15) is 0 Å². The number of aromatic nitrogens is 5. The Kier molecular flexibility index (Phi) is 3.31. The highest BCUT2D eigenvalue weighted by molar-refractivity contribution is 5.63. The molecule has 5 rings (SSSR count). The lowest BCUT2D eigenvalue weighted by Gasteiger charge is -2.29. The van der Waals surface area contributed by atoms with E-state index in [4.69, 9.17) is 9.72 Å². The van der Waals surface area contributed by atoms with Crippen LogP contribution in [0, 0.1) is 11.8 Å². The highest BCUT2D eigenvalue weighted by Crippen LogP contribution is 2.46. The average Bonchev–Trinajstić information content (AvgIpc) is 3.37. The lowest BCUT2D eigenvalue weighted by molar-refractivity contribution is 0.115. The molecule has 0 spiro atoms. The van der Waals surface area contributed by atoms with Crippen molar-refractivity contribution in [1.29, 1.82) is 0 Å². The maximum atomic E-state index is 6.44. The van der Waals surface area contributed by atoms with Crippen molar-refractivity contribution in [2.75, 3.05) is 7.05 Å². The summed E-state index contributed by atoms with van der Waals surface area (Å²) in [4.78, 5) is 4.80. The zero-order valence-corrected chi connectivity index (χ0v) is 14.5. The monoisotopic (exact) mass is 338 g/mol. The molecule has 2 bridgehead atoms. The number of nitrogens with one attached hydrogen (secondary N) is 1. The first-order valence-corrected chi connectivity index (χ1v) is 8.88. The molecule has 0 aliphatic heterocycles. The quantitative estimate of drug-likeness (QED) is 0.787. The fraction of sp³-hybridized carbons (Fsp3) is 0.500. The predicted molar refractivity (Wildman–Crippen MR) is 93.3 cm³/mol. The fourth-order valence-corrected chi connectivity index (χ4v) is 4.57. The minimum absolute atomic E-state index is 0.228. The summed E-state index contributed by atoms with van der Waals surface area (Å²) >= 11 is 0. The highest BCUT2D eigenvalue weighted by Gasteiger charge is 2.47. The van der Waals surface area contributed by atoms with Crippen LogP contribution in [0.2, 0.25) is 0 Å². The van der Waals surface area contributed by atoms with E-state index in [1.165, 1.54) is 12.8 Å². The molecule has 2 aliphatic rings. The zero-order chi connectivity index (χ0) is 17.0. The lowest BCUT2D eigenvalue weighted by atomic mass is 9.93. The molecule has 7 heteroatoms. The smallest absolute Gasteiger partial charge is 0.240 e. The highest BCUT2D eigenvalue weighted by atomic mass is 16.5. The molecule has 130 valence electrons. The Bertz CT molecular complexity index is 915. The summed E-state index contributed by atoms with van der Waals surface area (Å²) < 4.78 is 10.1. The van der Waals surface area contributed by atoms with Crippen LogP contribution in [-0.4, -0.2) is 43.6 Å². The van der Waals surface area contributed by atoms with Crippen LogP contribution in [0.5, 0.6) is 5.88 Å². The van der Waals surface area contributed by atoms with Gasteiger partial charge in [0.2, 0.25) is 5.88 Å². The van der Waals surface area contributed by atoms with E-state index < -0.39 is 0 Å². The standard InChI is InChI=1S/C18H22N6O/c1-19-14-6-11-5-13(14)17(7-11)25-18-16-3-4-20-24(16)10-15(22-18)12-8-21-23(2)9-12/h3-4,8-11,13-14,17,19H,5-7H2,1-2H3. The van der Waals surface area contributed by atoms with E-state index in [0.29, 0.717) is 17.8 Å². The number of hydrogen-bond acceptors (Lipinski definition) is 5. The summed E-state index contributed by atoms with van der Waals surface area (Å²) in [6, 6.07) is 2.52. The average molecular weight is 338 g/mol. The van der Waals surface area contributed by atoms with Crippen LogP contribution in [-0.2, 0) is 7.05 Å². The second-order valence-electron chi connectivity index (χ2n) is 7.28. The summed E-state index contributed by atoms with van der Waals surface area (Å²) in [6.07, 6.45) is 11.4. The molecule has 3 aromatic rings. The lowest BCUT2D eigenvalue weighted by Crippen LogP contribution is -2.40. The van der Waals surface area contributed by atoms with Gasteiger partial charge in [-0.1, -0.05) is 0 Å². The van der Waals surface area contributed by atoms with E-state index in [1.54, 1.807) is 10.9 Å². The molecule has 0 amide bonds. The first-order valence-electron chi connectivity index (χ1n) is 8.88. The van der Waals surface area contributed by atoms with Crippen LogP contribution in [0.15, 0.2) is 30.9 Å². The molecule has 4 atom stereocenters. The van der Waals surface area contributed by atoms with E-state index in [-0.39, 0.29) is 6.10 Å². The second kappa shape index (κ2) is 5.56. The molecule has 2 saturated carbocycles. The molecular weight excluding hydrogens is 316 g/mol. The van der Waals surface area contributed by atoms with Crippen molar-refractivity contribution in [2.24, 2.45) is 18.9 Å². The number of nitrogens with zero attached hydrogens (tertiary/aromatic N) is 5. The van der Waals surface area contributed by atoms with Crippen molar-refractivity contribution in [3.8, 4) is 17.1 Å². The molecule has 2 aliphatic carbocycles. The first kappa shape index (κ1) is 14.9. The minimum atomic E-state index is 0.228. The van der Waals surface area contributed by atoms with E-state index in [0.717, 1.165) is 29.1 Å². The van der Waals surface area contributed by atoms with Crippen LogP contribution in [0.1, 0.15) is 19.3 Å². The van der Waals surface area contributed by atoms with Crippen LogP contribution in [0.4, 0.5) is 0 Å². The molecule has 0 radical (unpaired) electrons. The molecule has 0 saturated heterocycles. The van der Waals surface area contributed by atoms with Crippen molar-refractivity contribution in [2.45, 2.75) is 31.4 Å². The summed E-state index contributed by atoms with van der Waals surface area (Å²) in [7, 11) is 3.96. The molecule has 25 heavy (non-hydrogen) atoms. The number of hydrogen-bond donors (Lipinski definition) is 1. The maximum absolute atomic E-state index is 6.44. The molecule has 7 nitrogen and oxygen atoms in total. The summed E-state index contributed by atoms with van der Waals surface area (Å²) in [5.74, 6) is 2.02. The summed E-state index contributed by atoms with van der Waals surface area (Å²) in [5.41, 5.74) is 2.70. The van der Waals surface area contributed by atoms with Crippen molar-refractivity contribution in [3.05, 3.63) is 30.9 Å². The zero-order valence-electron chi connectivity index (χ0n) is 14.5. The van der Waals surface area contributed by atoms with Crippen molar-refractivity contribution in [3.63, 3.8) is 0 Å². The summed E-state index contributed by atoms with van der Waals surface area (Å²) in [6.45, 7) is 0. The van der Waals surface area contributed by atoms with Gasteiger partial charge in [0.15, 0.2) is 0 Å². The van der Waals surface area contributed by atoms with Gasteiger partial charge in [-0.25, -0.2) is 9.50 Å². The van der Waals surface area contributed by atoms with Crippen LogP contribution < -0.4 is 10.1 Å². The molecule has 2 fully saturated rings. The number of fused-ring (bicyclic) bond motifs is 3. The van der Waals surface area contributed by atoms with Gasteiger partial charge >= 0.3 is 0 Å². The van der Waals surface area contributed by atoms with E-state index >= 15 is 0 Å². The molecule has 4 unspecified atom stereocenters. The van der Waals surface area contributed by atoms with Crippen LogP contribution in [0.3, 0.4) is 0 Å². The van der Waals surface area contributed by atoms with Gasteiger partial charge < -0.3 is 10.1 Å². The number of aryl methyl sites for hydroxylation is 1. The van der Waals surface area contributed by atoms with Gasteiger partial charge in [-0.2, -0.15) is 10.2 Å². The Morgan fingerprint density at radius 1 is 1.20 bits per heavy atom. The largest absolute Gasteiger partial charge is 0.472 e. The number of rotatable bonds is 4. The third-order valence-electron chi connectivity index (χ3n) is 5.74. The molecule has 0 aromatic carbocycles. The normalized spacial score (nSPS) is 28.1. The van der Waals surface area contributed by atoms with Crippen molar-refractivity contribution in [1.82, 2.24) is 29.7 Å². The van der Waals surface area contributed by atoms with Gasteiger partial charge in [0, 0.05) is 30.8 Å². The van der Waals surface area contributed by atoms with E-state index in [1.807, 2.05) is 36.2 Å². The SMILES string of the molecule is CNC1CC2CC(Oc3nc(-c4cnn(C)c4)cn4nccc34)C1C2. The third-order valence-corrected chi connectivity index (χ3v) is 5.74. The predicted octanol–water partition coefficient (Wildman–Crippen LogP) is 1.90. The molecule has 3 aromatic heterocycles. The third kappa shape index (κ3) is 2.41. The molecule has 3 heterocycles. The second-order valence-corrected chi connectivity index (χ2v) is 7.28. The summed E-state index contributed by atoms with van der Waals surface area (Å²) in [5, 5.41) is 12.1. The first-order chi connectivity index (χ1) is 12.2. The topological polar surface area (TPSA) is 69.3 Å². The Labute approximate surface area is 146 Å². The maximum Gasteiger partial charge on any atom is 0.240 e. The van der Waals surface area contributed by atoms with Gasteiger partial charge in [0.1, 0.15) is 11.6 Å². The van der Waals surface area contributed by atoms with Crippen molar-refractivity contribution >= 4 is 5.52 Å². The molecule has 1 N–H and O–H groups in total. The van der Waals surface area contributed by atoms with Gasteiger partial charge in [0.25, 0.3) is 0 Å². The van der Waals surface area contributed by atoms with Gasteiger partial charge in [-0.15, -0.1) is 0 Å². The Balaban J connectivity index is 1.51. The molecular formula is C18H22N6O. The number of ether oxygens (including phenoxy) is 1. The van der Waals surface area contributed by atoms with E-state index in [2.05, 4.69) is 22.6 Å². The fourth-order valence-electron chi connectivity index (χ4n) is 4.57. The van der Waals surface area contributed by atoms with Crippen LogP contribution in [0.25, 0.3) is 16.8 Å². The van der Waals surface area contributed by atoms with Gasteiger partial charge in [-0.05, 0) is 38.3 Å². The Hall–Kier alpha value is -2.41. The van der Waals surface area contributed by atoms with Crippen LogP contribution >= 0.6 is 0 Å².